The highest BCUT2D eigenvalue weighted by molar-refractivity contribution is 9.10. The molecule has 0 fully saturated rings. The maximum Gasteiger partial charge on any atom is 0.195 e. The summed E-state index contributed by atoms with van der Waals surface area (Å²) in [6.45, 7) is 0. The monoisotopic (exact) mass is 411 g/mol. The Hall–Kier alpha value is -1.30. The molecule has 0 amide bonds. The number of aliphatic hydroxyl groups excluding tert-OH is 1. The Morgan fingerprint density at radius 3 is 3.04 bits per heavy atom. The molecule has 1 aliphatic rings. The highest BCUT2D eigenvalue weighted by atomic mass is 79.9. The Morgan fingerprint density at radius 2 is 2.25 bits per heavy atom. The van der Waals surface area contributed by atoms with Crippen LogP contribution in [0.1, 0.15) is 42.2 Å². The molecular formula is C18H16BrClFNO2. The fourth-order valence-electron chi connectivity index (χ4n) is 3.10. The van der Waals surface area contributed by atoms with Gasteiger partial charge in [0.1, 0.15) is 0 Å². The summed E-state index contributed by atoms with van der Waals surface area (Å²) in [6, 6.07) is 8.51. The lowest BCUT2D eigenvalue weighted by Gasteiger charge is -2.32. The van der Waals surface area contributed by atoms with Gasteiger partial charge in [-0.3, -0.25) is 9.78 Å². The predicted molar refractivity (Wildman–Crippen MR) is 93.7 cm³/mol. The summed E-state index contributed by atoms with van der Waals surface area (Å²) in [6.07, 6.45) is 1.23. The van der Waals surface area contributed by atoms with E-state index in [-0.39, 0.29) is 30.5 Å². The van der Waals surface area contributed by atoms with Crippen molar-refractivity contribution in [1.29, 1.82) is 0 Å². The number of benzene rings is 1. The smallest absolute Gasteiger partial charge is 0.195 e. The molecule has 2 aromatic rings. The van der Waals surface area contributed by atoms with Crippen LogP contribution >= 0.6 is 27.5 Å². The number of aliphatic hydroxyl groups is 1. The zero-order valence-corrected chi connectivity index (χ0v) is 15.1. The van der Waals surface area contributed by atoms with Gasteiger partial charge in [0, 0.05) is 27.7 Å². The van der Waals surface area contributed by atoms with Crippen LogP contribution in [-0.4, -0.2) is 15.9 Å². The van der Waals surface area contributed by atoms with Crippen LogP contribution in [0, 0.1) is 0 Å². The Kier molecular flexibility index (Phi) is 5.04. The van der Waals surface area contributed by atoms with Crippen LogP contribution in [0.5, 0.6) is 0 Å². The molecule has 3 rings (SSSR count). The van der Waals surface area contributed by atoms with Gasteiger partial charge in [-0.2, -0.15) is 0 Å². The molecule has 1 aliphatic carbocycles. The summed E-state index contributed by atoms with van der Waals surface area (Å²) in [5.74, 6) is -0.500. The average molecular weight is 413 g/mol. The molecule has 0 saturated carbocycles. The highest BCUT2D eigenvalue weighted by Crippen LogP contribution is 2.43. The third-order valence-electron chi connectivity index (χ3n) is 4.41. The Bertz CT molecular complexity index is 785. The number of Topliss-reactive ketones (excluding diaryl/α,β-unsaturated/α-hetero) is 1. The van der Waals surface area contributed by atoms with E-state index in [0.717, 1.165) is 10.0 Å². The van der Waals surface area contributed by atoms with Crippen LogP contribution in [0.25, 0.3) is 0 Å². The molecule has 24 heavy (non-hydrogen) atoms. The van der Waals surface area contributed by atoms with Gasteiger partial charge in [0.05, 0.1) is 11.8 Å². The Labute approximate surface area is 153 Å². The minimum Gasteiger partial charge on any atom is -0.387 e. The number of aryl methyl sites for hydroxylation is 1. The van der Waals surface area contributed by atoms with Gasteiger partial charge in [-0.1, -0.05) is 33.6 Å². The Balaban J connectivity index is 1.82. The summed E-state index contributed by atoms with van der Waals surface area (Å²) in [5.41, 5.74) is -0.846. The van der Waals surface area contributed by atoms with E-state index in [1.54, 1.807) is 12.1 Å². The number of hydrogen-bond donors (Lipinski definition) is 1. The van der Waals surface area contributed by atoms with E-state index in [1.165, 1.54) is 12.3 Å². The SMILES string of the molecule is O=C(CCc1cc(Br)ccc1Cl)[C@]1(F)CC[C@H](O)c2ncccc21. The van der Waals surface area contributed by atoms with Crippen LogP contribution in [0.15, 0.2) is 41.0 Å². The van der Waals surface area contributed by atoms with Crippen molar-refractivity contribution < 1.29 is 14.3 Å². The van der Waals surface area contributed by atoms with Crippen LogP contribution in [0.2, 0.25) is 5.02 Å². The number of nitrogens with zero attached hydrogens (tertiary/aromatic N) is 1. The van der Waals surface area contributed by atoms with Gasteiger partial charge in [-0.05, 0) is 49.1 Å². The summed E-state index contributed by atoms with van der Waals surface area (Å²) in [4.78, 5) is 16.7. The first-order chi connectivity index (χ1) is 11.4. The van der Waals surface area contributed by atoms with Crippen molar-refractivity contribution in [3.63, 3.8) is 0 Å². The number of ketones is 1. The second kappa shape index (κ2) is 6.90. The van der Waals surface area contributed by atoms with E-state index in [2.05, 4.69) is 20.9 Å². The molecule has 0 bridgehead atoms. The molecule has 1 heterocycles. The first-order valence-corrected chi connectivity index (χ1v) is 8.88. The van der Waals surface area contributed by atoms with E-state index in [9.17, 15) is 9.90 Å². The third kappa shape index (κ3) is 3.25. The first kappa shape index (κ1) is 17.5. The minimum atomic E-state index is -2.10. The van der Waals surface area contributed by atoms with Gasteiger partial charge >= 0.3 is 0 Å². The molecule has 1 N–H and O–H groups in total. The van der Waals surface area contributed by atoms with Crippen LogP contribution in [-0.2, 0) is 16.9 Å². The average Bonchev–Trinajstić information content (AvgIpc) is 2.59. The van der Waals surface area contributed by atoms with E-state index >= 15 is 4.39 Å². The van der Waals surface area contributed by atoms with Crippen molar-refractivity contribution in [3.05, 3.63) is 62.8 Å². The molecule has 3 nitrogen and oxygen atoms in total. The van der Waals surface area contributed by atoms with Crippen molar-refractivity contribution >= 4 is 33.3 Å². The first-order valence-electron chi connectivity index (χ1n) is 7.71. The summed E-state index contributed by atoms with van der Waals surface area (Å²) < 4.78 is 16.3. The Morgan fingerprint density at radius 1 is 1.46 bits per heavy atom. The number of carbonyl (C=O) groups is 1. The topological polar surface area (TPSA) is 50.2 Å². The molecule has 2 atom stereocenters. The lowest BCUT2D eigenvalue weighted by molar-refractivity contribution is -0.133. The van der Waals surface area contributed by atoms with Crippen molar-refractivity contribution in [2.75, 3.05) is 0 Å². The van der Waals surface area contributed by atoms with Crippen LogP contribution < -0.4 is 0 Å². The molecule has 1 aromatic carbocycles. The van der Waals surface area contributed by atoms with Gasteiger partial charge in [0.15, 0.2) is 11.5 Å². The number of fused-ring (bicyclic) bond motifs is 1. The van der Waals surface area contributed by atoms with Crippen LogP contribution in [0.4, 0.5) is 4.39 Å². The number of pyridine rings is 1. The molecule has 126 valence electrons. The highest BCUT2D eigenvalue weighted by Gasteiger charge is 2.45. The van der Waals surface area contributed by atoms with Gasteiger partial charge in [-0.15, -0.1) is 0 Å². The second-order valence-electron chi connectivity index (χ2n) is 5.95. The summed E-state index contributed by atoms with van der Waals surface area (Å²) in [7, 11) is 0. The van der Waals surface area contributed by atoms with E-state index in [4.69, 9.17) is 11.6 Å². The van der Waals surface area contributed by atoms with E-state index in [0.29, 0.717) is 11.4 Å². The molecule has 6 heteroatoms. The normalized spacial score (nSPS) is 22.9. The summed E-state index contributed by atoms with van der Waals surface area (Å²) in [5, 5.41) is 10.5. The number of aromatic nitrogens is 1. The molecule has 0 radical (unpaired) electrons. The zero-order valence-electron chi connectivity index (χ0n) is 12.8. The lowest BCUT2D eigenvalue weighted by Crippen LogP contribution is -2.36. The largest absolute Gasteiger partial charge is 0.387 e. The zero-order chi connectivity index (χ0) is 17.3. The van der Waals surface area contributed by atoms with Crippen molar-refractivity contribution in [2.45, 2.75) is 37.5 Å². The quantitative estimate of drug-likeness (QED) is 0.792. The fraction of sp³-hybridized carbons (Fsp3) is 0.333. The molecule has 0 unspecified atom stereocenters. The molecule has 0 spiro atoms. The summed E-state index contributed by atoms with van der Waals surface area (Å²) >= 11 is 9.50. The van der Waals surface area contributed by atoms with Gasteiger partial charge < -0.3 is 5.11 Å². The van der Waals surface area contributed by atoms with Crippen LogP contribution in [0.3, 0.4) is 0 Å². The molecular weight excluding hydrogens is 397 g/mol. The van der Waals surface area contributed by atoms with E-state index in [1.807, 2.05) is 12.1 Å². The number of halogens is 3. The molecule has 1 aromatic heterocycles. The van der Waals surface area contributed by atoms with Gasteiger partial charge in [-0.25, -0.2) is 4.39 Å². The standard InChI is InChI=1S/C18H16BrClFNO2/c19-12-4-5-14(20)11(10-12)3-6-16(24)18(21)8-7-15(23)17-13(18)2-1-9-22-17/h1-2,4-5,9-10,15,23H,3,6-8H2/t15-,18-/m0/s1. The van der Waals surface area contributed by atoms with Crippen molar-refractivity contribution in [3.8, 4) is 0 Å². The maximum absolute atomic E-state index is 15.5. The fourth-order valence-corrected chi connectivity index (χ4v) is 3.72. The molecule has 0 aliphatic heterocycles. The second-order valence-corrected chi connectivity index (χ2v) is 7.27. The number of carbonyl (C=O) groups excluding carboxylic acids is 1. The molecule has 0 saturated heterocycles. The van der Waals surface area contributed by atoms with Gasteiger partial charge in [0.2, 0.25) is 0 Å². The maximum atomic E-state index is 15.5. The van der Waals surface area contributed by atoms with E-state index < -0.39 is 17.6 Å². The van der Waals surface area contributed by atoms with Gasteiger partial charge in [0.25, 0.3) is 0 Å². The minimum absolute atomic E-state index is 0.0299. The number of rotatable bonds is 4. The third-order valence-corrected chi connectivity index (χ3v) is 5.28. The van der Waals surface area contributed by atoms with Crippen molar-refractivity contribution in [2.24, 2.45) is 0 Å². The lowest BCUT2D eigenvalue weighted by atomic mass is 9.77. The predicted octanol–water partition coefficient (Wildman–Crippen LogP) is 4.69. The number of alkyl halides is 1. The van der Waals surface area contributed by atoms with Crippen molar-refractivity contribution in [1.82, 2.24) is 4.98 Å². The number of hydrogen-bond acceptors (Lipinski definition) is 3.